The van der Waals surface area contributed by atoms with E-state index >= 15 is 0 Å². The number of hydrogen-bond acceptors (Lipinski definition) is 4. The van der Waals surface area contributed by atoms with Gasteiger partial charge in [-0.2, -0.15) is 0 Å². The molecule has 2 amide bonds. The zero-order valence-electron chi connectivity index (χ0n) is 20.3. The lowest BCUT2D eigenvalue weighted by atomic mass is 10.0. The van der Waals surface area contributed by atoms with Crippen LogP contribution in [-0.4, -0.2) is 31.6 Å². The van der Waals surface area contributed by atoms with Crippen LogP contribution in [0.5, 0.6) is 0 Å². The van der Waals surface area contributed by atoms with Gasteiger partial charge in [0.05, 0.1) is 14.7 Å². The number of carbonyl (C=O) groups is 2. The number of carbonyl (C=O) groups excluding carboxylic acids is 2. The second-order valence-electron chi connectivity index (χ2n) is 9.32. The van der Waals surface area contributed by atoms with Crippen LogP contribution in [0.25, 0.3) is 0 Å². The summed E-state index contributed by atoms with van der Waals surface area (Å²) in [4.78, 5) is 37.3. The molecule has 7 nitrogen and oxygen atoms in total. The number of rotatable bonds is 9. The predicted octanol–water partition coefficient (Wildman–Crippen LogP) is 3.18. The minimum absolute atomic E-state index is 0.0780. The van der Waals surface area contributed by atoms with E-state index in [4.69, 9.17) is 4.74 Å². The number of nitrogens with one attached hydrogen (secondary N) is 2. The monoisotopic (exact) mass is 495 g/mol. The molecule has 0 saturated heterocycles. The van der Waals surface area contributed by atoms with E-state index in [0.29, 0.717) is 23.0 Å². The summed E-state index contributed by atoms with van der Waals surface area (Å²) >= 11 is 0. The molecule has 1 heterocycles. The van der Waals surface area contributed by atoms with Crippen LogP contribution in [0.15, 0.2) is 71.8 Å². The van der Waals surface area contributed by atoms with Gasteiger partial charge in [-0.05, 0) is 28.4 Å². The van der Waals surface area contributed by atoms with E-state index in [2.05, 4.69) is 10.6 Å². The van der Waals surface area contributed by atoms with Crippen LogP contribution >= 0.6 is 0 Å². The third kappa shape index (κ3) is 7.21. The van der Waals surface area contributed by atoms with Crippen LogP contribution in [0.3, 0.4) is 0 Å². The van der Waals surface area contributed by atoms with Crippen molar-refractivity contribution in [1.82, 2.24) is 9.88 Å². The Morgan fingerprint density at radius 1 is 1.03 bits per heavy atom. The van der Waals surface area contributed by atoms with Gasteiger partial charge >= 0.3 is 0 Å². The second-order valence-corrected chi connectivity index (χ2v) is 14.4. The molecule has 184 valence electrons. The van der Waals surface area contributed by atoms with Gasteiger partial charge in [-0.15, -0.1) is 0 Å². The number of pyridine rings is 1. The Bertz CT molecular complexity index is 1230. The molecule has 0 fully saturated rings. The van der Waals surface area contributed by atoms with Gasteiger partial charge in [0, 0.05) is 37.3 Å². The minimum Gasteiger partial charge on any atom is -0.380 e. The normalized spacial score (nSPS) is 12.1. The zero-order valence-corrected chi connectivity index (χ0v) is 21.3. The topological polar surface area (TPSA) is 89.4 Å². The van der Waals surface area contributed by atoms with E-state index in [1.54, 1.807) is 31.4 Å². The smallest absolute Gasteiger partial charge is 0.251 e. The molecule has 0 spiro atoms. The van der Waals surface area contributed by atoms with Gasteiger partial charge < -0.3 is 19.9 Å². The molecule has 0 aliphatic rings. The van der Waals surface area contributed by atoms with Crippen LogP contribution in [0.4, 0.5) is 10.1 Å². The van der Waals surface area contributed by atoms with Crippen molar-refractivity contribution < 1.29 is 18.7 Å². The Labute approximate surface area is 205 Å². The fourth-order valence-electron chi connectivity index (χ4n) is 3.61. The molecule has 0 radical (unpaired) electrons. The van der Waals surface area contributed by atoms with Crippen LogP contribution < -0.4 is 21.2 Å². The molecule has 2 aromatic carbocycles. The van der Waals surface area contributed by atoms with Crippen LogP contribution in [0.2, 0.25) is 19.6 Å². The fourth-order valence-corrected chi connectivity index (χ4v) is 4.98. The van der Waals surface area contributed by atoms with Gasteiger partial charge in [-0.1, -0.05) is 50.0 Å². The van der Waals surface area contributed by atoms with Crippen molar-refractivity contribution in [3.8, 4) is 0 Å². The van der Waals surface area contributed by atoms with Gasteiger partial charge in [-0.25, -0.2) is 4.39 Å². The number of nitrogens with zero attached hydrogens (tertiary/aromatic N) is 1. The number of methoxy groups -OCH3 is 1. The molecule has 3 aromatic rings. The molecule has 0 saturated carbocycles. The first kappa shape index (κ1) is 26.0. The Morgan fingerprint density at radius 3 is 2.26 bits per heavy atom. The lowest BCUT2D eigenvalue weighted by molar-refractivity contribution is -0.127. The average Bonchev–Trinajstić information content (AvgIpc) is 2.79. The average molecular weight is 496 g/mol. The maximum absolute atomic E-state index is 14.7. The molecule has 2 N–H and O–H groups in total. The third-order valence-corrected chi connectivity index (χ3v) is 7.44. The zero-order chi connectivity index (χ0) is 25.6. The maximum Gasteiger partial charge on any atom is 0.251 e. The summed E-state index contributed by atoms with van der Waals surface area (Å²) in [6.45, 7) is 6.48. The first-order valence-electron chi connectivity index (χ1n) is 11.2. The lowest BCUT2D eigenvalue weighted by Gasteiger charge is -2.21. The summed E-state index contributed by atoms with van der Waals surface area (Å²) in [5.41, 5.74) is 1.63. The molecule has 0 aliphatic heterocycles. The summed E-state index contributed by atoms with van der Waals surface area (Å²) in [6, 6.07) is 13.5. The van der Waals surface area contributed by atoms with Crippen molar-refractivity contribution in [3.05, 3.63) is 94.2 Å². The van der Waals surface area contributed by atoms with Gasteiger partial charge in [-0.3, -0.25) is 14.4 Å². The summed E-state index contributed by atoms with van der Waals surface area (Å²) in [5.74, 6) is -1.28. The number of hydrogen-bond donors (Lipinski definition) is 2. The van der Waals surface area contributed by atoms with Crippen LogP contribution in [-0.2, 0) is 27.5 Å². The summed E-state index contributed by atoms with van der Waals surface area (Å²) in [6.07, 6.45) is 3.00. The predicted molar refractivity (Wildman–Crippen MR) is 137 cm³/mol. The summed E-state index contributed by atoms with van der Waals surface area (Å²) in [7, 11) is -0.276. The van der Waals surface area contributed by atoms with Gasteiger partial charge in [0.25, 0.3) is 5.91 Å². The van der Waals surface area contributed by atoms with Gasteiger partial charge in [0.2, 0.25) is 5.91 Å². The number of amides is 2. The lowest BCUT2D eigenvalue weighted by Crippen LogP contribution is -2.40. The van der Waals surface area contributed by atoms with Gasteiger partial charge in [0.1, 0.15) is 18.4 Å². The highest BCUT2D eigenvalue weighted by Gasteiger charge is 2.25. The van der Waals surface area contributed by atoms with Crippen molar-refractivity contribution in [2.24, 2.45) is 0 Å². The summed E-state index contributed by atoms with van der Waals surface area (Å²) in [5, 5.41) is 6.15. The largest absolute Gasteiger partial charge is 0.380 e. The number of anilines is 1. The Kier molecular flexibility index (Phi) is 8.37. The van der Waals surface area contributed by atoms with Gasteiger partial charge in [0.15, 0.2) is 5.43 Å². The standard InChI is InChI=1S/C26H30FN3O4Si/c1-34-17-18-5-7-19(8-6-18)25(29-24(32)16-30-13-11-21(31)12-14-30)26(33)28-20-9-10-23(22(27)15-20)35(2,3)4/h5-15,25H,16-17H2,1-4H3,(H,28,33)(H,29,32). The van der Waals surface area contributed by atoms with E-state index in [1.165, 1.54) is 35.2 Å². The highest BCUT2D eigenvalue weighted by atomic mass is 28.3. The van der Waals surface area contributed by atoms with Crippen LogP contribution in [0, 0.1) is 5.82 Å². The quantitative estimate of drug-likeness (QED) is 0.446. The third-order valence-electron chi connectivity index (χ3n) is 5.42. The first-order valence-corrected chi connectivity index (χ1v) is 14.7. The van der Waals surface area contributed by atoms with E-state index in [1.807, 2.05) is 31.8 Å². The minimum atomic E-state index is -1.87. The Morgan fingerprint density at radius 2 is 1.69 bits per heavy atom. The Balaban J connectivity index is 1.83. The first-order chi connectivity index (χ1) is 16.6. The van der Waals surface area contributed by atoms with E-state index in [0.717, 1.165) is 5.56 Å². The van der Waals surface area contributed by atoms with E-state index in [-0.39, 0.29) is 17.8 Å². The van der Waals surface area contributed by atoms with Crippen molar-refractivity contribution in [3.63, 3.8) is 0 Å². The number of benzene rings is 2. The molecule has 35 heavy (non-hydrogen) atoms. The molecular formula is C26H30FN3O4Si. The van der Waals surface area contributed by atoms with E-state index in [9.17, 15) is 18.8 Å². The SMILES string of the molecule is COCc1ccc(C(NC(=O)Cn2ccc(=O)cc2)C(=O)Nc2ccc([Si](C)(C)C)c(F)c2)cc1. The summed E-state index contributed by atoms with van der Waals surface area (Å²) < 4.78 is 21.4. The molecule has 1 aromatic heterocycles. The van der Waals surface area contributed by atoms with Crippen molar-refractivity contribution >= 4 is 30.8 Å². The number of aromatic nitrogens is 1. The highest BCUT2D eigenvalue weighted by Crippen LogP contribution is 2.19. The highest BCUT2D eigenvalue weighted by molar-refractivity contribution is 6.88. The molecule has 3 rings (SSSR count). The van der Waals surface area contributed by atoms with Crippen molar-refractivity contribution in [2.45, 2.75) is 38.8 Å². The Hall–Kier alpha value is -3.56. The van der Waals surface area contributed by atoms with Crippen molar-refractivity contribution in [1.29, 1.82) is 0 Å². The van der Waals surface area contributed by atoms with Crippen LogP contribution in [0.1, 0.15) is 17.2 Å². The molecule has 0 bridgehead atoms. The second kappa shape index (κ2) is 11.2. The maximum atomic E-state index is 14.7. The molecule has 0 aliphatic carbocycles. The molecule has 1 unspecified atom stereocenters. The molecular weight excluding hydrogens is 465 g/mol. The molecule has 1 atom stereocenters. The number of halogens is 1. The number of ether oxygens (including phenoxy) is 1. The van der Waals surface area contributed by atoms with Crippen molar-refractivity contribution in [2.75, 3.05) is 12.4 Å². The molecule has 9 heteroatoms. The van der Waals surface area contributed by atoms with E-state index < -0.39 is 25.9 Å². The fraction of sp³-hybridized carbons (Fsp3) is 0.269.